The summed E-state index contributed by atoms with van der Waals surface area (Å²) < 4.78 is 42.4. The summed E-state index contributed by atoms with van der Waals surface area (Å²) in [6.45, 7) is 3.90. The first-order chi connectivity index (χ1) is 11.1. The smallest absolute Gasteiger partial charge is 0.194 e. The van der Waals surface area contributed by atoms with E-state index in [9.17, 15) is 12.8 Å². The van der Waals surface area contributed by atoms with Crippen molar-refractivity contribution in [2.45, 2.75) is 36.9 Å². The van der Waals surface area contributed by atoms with Crippen LogP contribution in [0.15, 0.2) is 35.4 Å². The summed E-state index contributed by atoms with van der Waals surface area (Å²) in [7, 11) is -3.40. The van der Waals surface area contributed by atoms with Gasteiger partial charge >= 0.3 is 0 Å². The van der Waals surface area contributed by atoms with E-state index < -0.39 is 15.4 Å². The molecule has 2 heterocycles. The number of fused-ring (bicyclic) bond motifs is 1. The lowest BCUT2D eigenvalue weighted by Gasteiger charge is -2.38. The van der Waals surface area contributed by atoms with Gasteiger partial charge in [-0.1, -0.05) is 0 Å². The molecule has 2 aromatic rings. The molecule has 8 heteroatoms. The van der Waals surface area contributed by atoms with Crippen LogP contribution >= 0.6 is 0 Å². The number of rotatable bonds is 3. The van der Waals surface area contributed by atoms with Gasteiger partial charge in [-0.15, -0.1) is 10.2 Å². The Hall–Kier alpha value is -2.22. The zero-order valence-electron chi connectivity index (χ0n) is 13.6. The van der Waals surface area contributed by atoms with E-state index in [0.717, 1.165) is 6.26 Å². The Bertz CT molecular complexity index is 867. The molecule has 0 fully saturated rings. The van der Waals surface area contributed by atoms with E-state index in [1.165, 1.54) is 18.2 Å². The maximum atomic E-state index is 13.6. The van der Waals surface area contributed by atoms with E-state index in [1.807, 2.05) is 13.8 Å². The number of hydrogen-bond acceptors (Lipinski definition) is 6. The summed E-state index contributed by atoms with van der Waals surface area (Å²) >= 11 is 0. The predicted octanol–water partition coefficient (Wildman–Crippen LogP) is 2.73. The second-order valence-electron chi connectivity index (χ2n) is 6.47. The third-order valence-electron chi connectivity index (χ3n) is 3.77. The number of nitrogens with zero attached hydrogens (tertiary/aromatic N) is 2. The highest BCUT2D eigenvalue weighted by atomic mass is 32.2. The van der Waals surface area contributed by atoms with Gasteiger partial charge in [0, 0.05) is 18.2 Å². The zero-order chi connectivity index (χ0) is 17.5. The molecule has 128 valence electrons. The number of halogens is 1. The van der Waals surface area contributed by atoms with Gasteiger partial charge in [-0.2, -0.15) is 0 Å². The predicted molar refractivity (Wildman–Crippen MR) is 87.2 cm³/mol. The highest BCUT2D eigenvalue weighted by Crippen LogP contribution is 2.41. The molecular formula is C16H18FN3O3S. The van der Waals surface area contributed by atoms with Gasteiger partial charge in [0.15, 0.2) is 14.9 Å². The van der Waals surface area contributed by atoms with Gasteiger partial charge in [-0.25, -0.2) is 12.8 Å². The summed E-state index contributed by atoms with van der Waals surface area (Å²) in [5.41, 5.74) is 0.270. The first-order valence-corrected chi connectivity index (χ1v) is 9.32. The summed E-state index contributed by atoms with van der Waals surface area (Å²) in [4.78, 5) is 0. The van der Waals surface area contributed by atoms with Crippen LogP contribution in [0.4, 0.5) is 10.2 Å². The fraction of sp³-hybridized carbons (Fsp3) is 0.375. The zero-order valence-corrected chi connectivity index (χ0v) is 14.4. The van der Waals surface area contributed by atoms with Gasteiger partial charge in [0.05, 0.1) is 6.04 Å². The van der Waals surface area contributed by atoms with E-state index in [1.54, 1.807) is 12.1 Å². The molecule has 0 saturated heterocycles. The van der Waals surface area contributed by atoms with E-state index >= 15 is 0 Å². The highest BCUT2D eigenvalue weighted by Gasteiger charge is 2.34. The average molecular weight is 351 g/mol. The first-order valence-electron chi connectivity index (χ1n) is 7.43. The third kappa shape index (κ3) is 3.48. The lowest BCUT2D eigenvalue weighted by molar-refractivity contribution is 0.0755. The summed E-state index contributed by atoms with van der Waals surface area (Å²) in [5, 5.41) is 10.7. The molecule has 3 rings (SSSR count). The molecule has 0 unspecified atom stereocenters. The Labute approximate surface area is 140 Å². The molecule has 6 nitrogen and oxygen atoms in total. The van der Waals surface area contributed by atoms with Gasteiger partial charge in [0.1, 0.15) is 23.0 Å². The Balaban J connectivity index is 1.91. The fourth-order valence-electron chi connectivity index (χ4n) is 2.73. The lowest BCUT2D eigenvalue weighted by atomic mass is 9.89. The number of benzene rings is 1. The minimum absolute atomic E-state index is 0.0909. The van der Waals surface area contributed by atoms with Crippen LogP contribution in [-0.4, -0.2) is 30.5 Å². The van der Waals surface area contributed by atoms with Gasteiger partial charge in [-0.3, -0.25) is 0 Å². The van der Waals surface area contributed by atoms with Gasteiger partial charge in [-0.05, 0) is 44.2 Å². The Morgan fingerprint density at radius 2 is 2.00 bits per heavy atom. The second-order valence-corrected chi connectivity index (χ2v) is 8.44. The standard InChI is InChI=1S/C16H18FN3O3S/c1-16(2)9-12(11-8-10(17)4-5-13(11)23-16)18-14-6-7-15(20-19-14)24(3,21)22/h4-8,12H,9H2,1-3H3,(H,18,19)/t12-/m1/s1. The number of ether oxygens (including phenoxy) is 1. The molecule has 0 radical (unpaired) electrons. The van der Waals surface area contributed by atoms with Crippen molar-refractivity contribution in [3.05, 3.63) is 41.7 Å². The molecule has 1 atom stereocenters. The minimum atomic E-state index is -3.40. The van der Waals surface area contributed by atoms with Crippen LogP contribution in [-0.2, 0) is 9.84 Å². The van der Waals surface area contributed by atoms with Crippen molar-refractivity contribution in [1.82, 2.24) is 10.2 Å². The first kappa shape index (κ1) is 16.6. The molecular weight excluding hydrogens is 333 g/mol. The largest absolute Gasteiger partial charge is 0.487 e. The molecule has 0 aliphatic carbocycles. The van der Waals surface area contributed by atoms with Crippen LogP contribution in [0.2, 0.25) is 0 Å². The van der Waals surface area contributed by atoms with Gasteiger partial charge in [0.2, 0.25) is 0 Å². The van der Waals surface area contributed by atoms with E-state index in [-0.39, 0.29) is 16.9 Å². The van der Waals surface area contributed by atoms with Crippen molar-refractivity contribution in [3.8, 4) is 5.75 Å². The van der Waals surface area contributed by atoms with E-state index in [0.29, 0.717) is 23.6 Å². The number of anilines is 1. The van der Waals surface area contributed by atoms with Crippen LogP contribution in [0.3, 0.4) is 0 Å². The van der Waals surface area contributed by atoms with Crippen molar-refractivity contribution < 1.29 is 17.5 Å². The molecule has 1 aliphatic rings. The molecule has 0 saturated carbocycles. The number of hydrogen-bond donors (Lipinski definition) is 1. The molecule has 1 aromatic heterocycles. The Kier molecular flexibility index (Phi) is 3.95. The minimum Gasteiger partial charge on any atom is -0.487 e. The maximum Gasteiger partial charge on any atom is 0.194 e. The maximum absolute atomic E-state index is 13.6. The number of aromatic nitrogens is 2. The second kappa shape index (κ2) is 5.70. The molecule has 1 aliphatic heterocycles. The molecule has 0 spiro atoms. The van der Waals surface area contributed by atoms with Crippen LogP contribution in [0.5, 0.6) is 5.75 Å². The molecule has 0 amide bonds. The van der Waals surface area contributed by atoms with E-state index in [2.05, 4.69) is 15.5 Å². The molecule has 24 heavy (non-hydrogen) atoms. The van der Waals surface area contributed by atoms with Gasteiger partial charge in [0.25, 0.3) is 0 Å². The lowest BCUT2D eigenvalue weighted by Crippen LogP contribution is -2.37. The van der Waals surface area contributed by atoms with Crippen LogP contribution in [0, 0.1) is 5.82 Å². The number of sulfone groups is 1. The molecule has 1 N–H and O–H groups in total. The SMILES string of the molecule is CC1(C)C[C@@H](Nc2ccc(S(C)(=O)=O)nn2)c2cc(F)ccc2O1. The van der Waals surface area contributed by atoms with Crippen LogP contribution in [0.1, 0.15) is 31.9 Å². The fourth-order valence-corrected chi connectivity index (χ4v) is 3.23. The summed E-state index contributed by atoms with van der Waals surface area (Å²) in [6, 6.07) is 7.11. The van der Waals surface area contributed by atoms with Crippen molar-refractivity contribution in [2.24, 2.45) is 0 Å². The third-order valence-corrected chi connectivity index (χ3v) is 4.75. The van der Waals surface area contributed by atoms with Crippen LogP contribution in [0.25, 0.3) is 0 Å². The van der Waals surface area contributed by atoms with Crippen molar-refractivity contribution >= 4 is 15.7 Å². The molecule has 0 bridgehead atoms. The monoisotopic (exact) mass is 351 g/mol. The quantitative estimate of drug-likeness (QED) is 0.916. The Morgan fingerprint density at radius 3 is 2.62 bits per heavy atom. The van der Waals surface area contributed by atoms with Crippen LogP contribution < -0.4 is 10.1 Å². The summed E-state index contributed by atoms with van der Waals surface area (Å²) in [6.07, 6.45) is 1.67. The topological polar surface area (TPSA) is 81.2 Å². The van der Waals surface area contributed by atoms with Crippen molar-refractivity contribution in [2.75, 3.05) is 11.6 Å². The normalized spacial score (nSPS) is 19.2. The van der Waals surface area contributed by atoms with Crippen molar-refractivity contribution in [1.29, 1.82) is 0 Å². The van der Waals surface area contributed by atoms with Gasteiger partial charge < -0.3 is 10.1 Å². The molecule has 1 aromatic carbocycles. The highest BCUT2D eigenvalue weighted by molar-refractivity contribution is 7.90. The van der Waals surface area contributed by atoms with Crippen molar-refractivity contribution in [3.63, 3.8) is 0 Å². The number of nitrogens with one attached hydrogen (secondary N) is 1. The Morgan fingerprint density at radius 1 is 1.25 bits per heavy atom. The average Bonchev–Trinajstić information content (AvgIpc) is 2.47. The summed E-state index contributed by atoms with van der Waals surface area (Å²) in [5.74, 6) is 0.688. The van der Waals surface area contributed by atoms with E-state index in [4.69, 9.17) is 4.74 Å².